The highest BCUT2D eigenvalue weighted by Crippen LogP contribution is 2.43. The summed E-state index contributed by atoms with van der Waals surface area (Å²) < 4.78 is 82.0. The lowest BCUT2D eigenvalue weighted by Gasteiger charge is -2.39. The Hall–Kier alpha value is -8.32. The first-order chi connectivity index (χ1) is 58.0. The van der Waals surface area contributed by atoms with Gasteiger partial charge in [-0.1, -0.05) is 48.5 Å². The van der Waals surface area contributed by atoms with E-state index >= 15 is 0 Å². The molecule has 0 amide bonds. The molecule has 13 rings (SSSR count). The quantitative estimate of drug-likeness (QED) is 0.0216. The van der Waals surface area contributed by atoms with Gasteiger partial charge >= 0.3 is 0 Å². The van der Waals surface area contributed by atoms with Crippen molar-refractivity contribution in [1.82, 2.24) is 60.0 Å². The Morgan fingerprint density at radius 3 is 0.650 bits per heavy atom. The van der Waals surface area contributed by atoms with Crippen molar-refractivity contribution in [3.8, 4) is 23.0 Å². The van der Waals surface area contributed by atoms with Crippen LogP contribution in [0.5, 0.6) is 23.0 Å². The van der Waals surface area contributed by atoms with Crippen LogP contribution >= 0.6 is 0 Å². The minimum atomic E-state index is -1.67. The molecule has 16 N–H and O–H groups in total. The molecule has 4 aliphatic heterocycles. The molecule has 8 heterocycles. The van der Waals surface area contributed by atoms with Gasteiger partial charge in [-0.25, -0.2) is 18.7 Å². The van der Waals surface area contributed by atoms with Gasteiger partial charge in [-0.2, -0.15) is 0 Å². The van der Waals surface area contributed by atoms with Crippen LogP contribution in [0.3, 0.4) is 0 Å². The number of hydrogen-bond acceptors (Lipinski definition) is 36. The number of nitrogens with zero attached hydrogens (tertiary/aromatic N) is 12. The molecule has 20 atom stereocenters. The van der Waals surface area contributed by atoms with Crippen molar-refractivity contribution in [3.63, 3.8) is 0 Å². The van der Waals surface area contributed by atoms with Crippen LogP contribution in [0.1, 0.15) is 168 Å². The molecule has 8 aromatic rings. The molecule has 0 radical (unpaired) electrons. The monoisotopic (exact) mass is 1680 g/mol. The average Bonchev–Trinajstić information content (AvgIpc) is 1.17. The molecule has 1 aliphatic carbocycles. The predicted molar refractivity (Wildman–Crippen MR) is 410 cm³/mol. The van der Waals surface area contributed by atoms with Crippen molar-refractivity contribution in [2.75, 3.05) is 52.9 Å². The highest BCUT2D eigenvalue weighted by atomic mass is 16.6. The molecule has 40 nitrogen and oxygen atoms in total. The molecule has 0 saturated carbocycles. The zero-order valence-electron chi connectivity index (χ0n) is 66.9. The topological polar surface area (TPSA) is 557 Å². The third kappa shape index (κ3) is 20.5. The maximum atomic E-state index is 11.0. The first-order valence-corrected chi connectivity index (χ1v) is 40.3. The summed E-state index contributed by atoms with van der Waals surface area (Å²) in [5, 5.41) is 202. The molecule has 4 aromatic heterocycles. The van der Waals surface area contributed by atoms with Crippen molar-refractivity contribution in [2.45, 2.75) is 254 Å². The van der Waals surface area contributed by atoms with Gasteiger partial charge in [0.1, 0.15) is 143 Å². The van der Waals surface area contributed by atoms with E-state index in [1.165, 1.54) is 43.5 Å². The van der Waals surface area contributed by atoms with Gasteiger partial charge < -0.3 is 139 Å². The summed E-state index contributed by atoms with van der Waals surface area (Å²) in [6.45, 7) is 6.12. The van der Waals surface area contributed by atoms with Crippen molar-refractivity contribution >= 4 is 0 Å². The Morgan fingerprint density at radius 2 is 0.475 bits per heavy atom. The largest absolute Gasteiger partial charge is 0.493 e. The molecule has 8 bridgehead atoms. The SMILES string of the molecule is CCCOc1c2cc(COCc3cn([C@@H]4O[C@H](CO)[C@H](O)[C@H](O)[C@H]4O)nn3)cc1Cc1cc(COCc3cn([C@@H]4O[C@H](CO)[C@H](O)[C@H](O)[C@H]4O)nn3)cc(c1OCCC)Cc1cc(COCc3cn([C@@H]4O[C@H](CO)[C@H](O)[C@H](O)[C@H]4O)nn3)cc(c1OCCC)Cc1cc(COCc3cn([C@@H]4O[C@H](CO)[C@H](O)[C@H](O)[C@H]4O)nn3)cc(c1OCCC)C2. The lowest BCUT2D eigenvalue weighted by molar-refractivity contribution is -0.254. The normalized spacial score (nSPS) is 27.7. The fourth-order valence-corrected chi connectivity index (χ4v) is 15.4. The molecule has 4 fully saturated rings. The molecule has 656 valence electrons. The van der Waals surface area contributed by atoms with E-state index < -0.39 is 149 Å². The summed E-state index contributed by atoms with van der Waals surface area (Å²) in [6, 6.07) is 16.1. The third-order valence-corrected chi connectivity index (χ3v) is 21.4. The predicted octanol–water partition coefficient (Wildman–Crippen LogP) is -1.36. The fraction of sp³-hybridized carbons (Fsp3) is 0.600. The number of aromatic nitrogens is 12. The molecule has 120 heavy (non-hydrogen) atoms. The Kier molecular flexibility index (Phi) is 30.7. The third-order valence-electron chi connectivity index (χ3n) is 21.4. The van der Waals surface area contributed by atoms with E-state index in [4.69, 9.17) is 56.8 Å². The first kappa shape index (κ1) is 89.4. The average molecular weight is 1690 g/mol. The number of ether oxygens (including phenoxy) is 12. The molecule has 5 aliphatic rings. The second-order valence-electron chi connectivity index (χ2n) is 30.7. The van der Waals surface area contributed by atoms with Gasteiger partial charge in [-0.3, -0.25) is 0 Å². The maximum Gasteiger partial charge on any atom is 0.180 e. The second-order valence-corrected chi connectivity index (χ2v) is 30.7. The van der Waals surface area contributed by atoms with Crippen LogP contribution in [0, 0.1) is 0 Å². The molecule has 4 aromatic carbocycles. The van der Waals surface area contributed by atoms with Gasteiger partial charge in [0.25, 0.3) is 0 Å². The van der Waals surface area contributed by atoms with E-state index in [0.717, 1.165) is 44.5 Å². The minimum Gasteiger partial charge on any atom is -0.493 e. The molecule has 40 heteroatoms. The van der Waals surface area contributed by atoms with Crippen LogP contribution in [-0.4, -0.2) is 292 Å². The van der Waals surface area contributed by atoms with Crippen LogP contribution in [0.25, 0.3) is 0 Å². The van der Waals surface area contributed by atoms with Crippen molar-refractivity contribution in [1.29, 1.82) is 0 Å². The van der Waals surface area contributed by atoms with Gasteiger partial charge in [0.2, 0.25) is 0 Å². The lowest BCUT2D eigenvalue weighted by Crippen LogP contribution is -2.56. The van der Waals surface area contributed by atoms with Crippen LogP contribution in [0.4, 0.5) is 0 Å². The van der Waals surface area contributed by atoms with E-state index in [9.17, 15) is 81.7 Å². The molecule has 0 unspecified atom stereocenters. The highest BCUT2D eigenvalue weighted by molar-refractivity contribution is 5.59. The molecule has 0 spiro atoms. The smallest absolute Gasteiger partial charge is 0.180 e. The number of aliphatic hydroxyl groups is 16. The van der Waals surface area contributed by atoms with Crippen LogP contribution < -0.4 is 18.9 Å². The summed E-state index contributed by atoms with van der Waals surface area (Å²) in [7, 11) is 0. The minimum absolute atomic E-state index is 0.0108. The van der Waals surface area contributed by atoms with Gasteiger partial charge in [0.15, 0.2) is 24.9 Å². The van der Waals surface area contributed by atoms with Crippen LogP contribution in [0.2, 0.25) is 0 Å². The van der Waals surface area contributed by atoms with Gasteiger partial charge in [0.05, 0.1) is 130 Å². The van der Waals surface area contributed by atoms with Gasteiger partial charge in [0, 0.05) is 25.7 Å². The van der Waals surface area contributed by atoms with Gasteiger partial charge in [-0.15, -0.1) is 20.4 Å². The Balaban J connectivity index is 0.921. The number of hydrogen-bond donors (Lipinski definition) is 16. The number of benzene rings is 4. The molecule has 4 saturated heterocycles. The zero-order valence-corrected chi connectivity index (χ0v) is 66.9. The van der Waals surface area contributed by atoms with E-state index in [2.05, 4.69) is 41.2 Å². The van der Waals surface area contributed by atoms with E-state index in [1.54, 1.807) is 0 Å². The highest BCUT2D eigenvalue weighted by Gasteiger charge is 2.49. The Bertz CT molecular complexity index is 3960. The molecular weight excluding hydrogens is 1580 g/mol. The summed E-state index contributed by atoms with van der Waals surface area (Å²) in [6.07, 6.45) is -20.6. The Labute approximate surface area is 689 Å². The van der Waals surface area contributed by atoms with E-state index in [-0.39, 0.29) is 78.5 Å². The van der Waals surface area contributed by atoms with Crippen LogP contribution in [0.15, 0.2) is 73.3 Å². The number of rotatable bonds is 36. The summed E-state index contributed by atoms with van der Waals surface area (Å²) >= 11 is 0. The van der Waals surface area contributed by atoms with E-state index in [0.29, 0.717) is 120 Å². The van der Waals surface area contributed by atoms with Crippen molar-refractivity contribution in [3.05, 3.63) is 163 Å². The van der Waals surface area contributed by atoms with Gasteiger partial charge in [-0.05, 0) is 141 Å². The molecular formula is C80H108N12O28. The summed E-state index contributed by atoms with van der Waals surface area (Å²) in [4.78, 5) is 0. The van der Waals surface area contributed by atoms with Crippen molar-refractivity contribution in [2.24, 2.45) is 0 Å². The first-order valence-electron chi connectivity index (χ1n) is 40.3. The maximum absolute atomic E-state index is 11.0. The van der Waals surface area contributed by atoms with Crippen LogP contribution in [-0.2, 0) is 116 Å². The number of fused-ring (bicyclic) bond motifs is 8. The summed E-state index contributed by atoms with van der Waals surface area (Å²) in [5.41, 5.74) is 9.87. The van der Waals surface area contributed by atoms with Crippen molar-refractivity contribution < 1.29 is 139 Å². The standard InChI is InChI=1S/C80H108N12O28/c1-5-9-113-73-45-13-41(33-109-37-53-25-89(85-81-53)77-69(105)65(101)61(97)57(29-93)117-77)14-46(73)22-48-16-43(35-111-39-55-27-91(87-83-55)79-71(107)67(103)63(99)59(31-95)119-79)18-50(75(48)115-11-7-3)24-52-20-44(36-112-40-56-28-92(88-84-56)80-72(108)68(104)64(100)60(32-96)120-80)19-51(76(52)116-12-8-4)23-49-17-42(15-47(21-45)74(49)114-10-6-2)34-110-38-54-26-90(86-82-54)78-70(106)66(102)62(98)58(30-94)118-78/h13-20,25-28,57-72,77-80,93-108H,5-12,21-24,29-40H2,1-4H3/t57-,58-,59-,60-,61+,62+,63+,64+,65+,66+,67+,68+,69-,70-,71-,72-,77-,78-,79-,80-/m1/s1. The summed E-state index contributed by atoms with van der Waals surface area (Å²) in [5.74, 6) is 2.26. The number of aliphatic hydroxyl groups excluding tert-OH is 16. The lowest BCUT2D eigenvalue weighted by atomic mass is 9.88. The second kappa shape index (κ2) is 41.2. The fourth-order valence-electron chi connectivity index (χ4n) is 15.4. The Morgan fingerprint density at radius 1 is 0.283 bits per heavy atom. The van der Waals surface area contributed by atoms with E-state index in [1.807, 2.05) is 76.2 Å². The zero-order chi connectivity index (χ0) is 85.0.